The van der Waals surface area contributed by atoms with Crippen molar-refractivity contribution >= 4 is 27.5 Å². The van der Waals surface area contributed by atoms with Crippen LogP contribution in [0.2, 0.25) is 0 Å². The zero-order valence-corrected chi connectivity index (χ0v) is 12.8. The molecule has 1 amide bonds. The lowest BCUT2D eigenvalue weighted by Gasteiger charge is -2.22. The van der Waals surface area contributed by atoms with Crippen molar-refractivity contribution in [3.05, 3.63) is 63.6 Å². The van der Waals surface area contributed by atoms with Gasteiger partial charge in [-0.25, -0.2) is 8.78 Å². The van der Waals surface area contributed by atoms with Crippen LogP contribution < -0.4 is 10.6 Å². The van der Waals surface area contributed by atoms with Crippen LogP contribution in [0.4, 0.5) is 14.5 Å². The van der Waals surface area contributed by atoms with Gasteiger partial charge in [0.1, 0.15) is 11.6 Å². The van der Waals surface area contributed by atoms with E-state index >= 15 is 0 Å². The summed E-state index contributed by atoms with van der Waals surface area (Å²) in [6, 6.07) is 8.76. The first kappa shape index (κ1) is 15.4. The highest BCUT2D eigenvalue weighted by molar-refractivity contribution is 9.10. The van der Waals surface area contributed by atoms with Gasteiger partial charge in [0.05, 0.1) is 11.3 Å². The van der Waals surface area contributed by atoms with E-state index in [4.69, 9.17) is 5.73 Å². The molecule has 0 unspecified atom stereocenters. The molecule has 2 aromatic rings. The van der Waals surface area contributed by atoms with Crippen molar-refractivity contribution in [2.24, 2.45) is 5.73 Å². The minimum absolute atomic E-state index is 0.164. The summed E-state index contributed by atoms with van der Waals surface area (Å²) in [5.74, 6) is -1.84. The maximum atomic E-state index is 13.9. The zero-order valence-electron chi connectivity index (χ0n) is 11.2. The van der Waals surface area contributed by atoms with Crippen molar-refractivity contribution in [3.8, 4) is 0 Å². The molecule has 0 atom stereocenters. The Morgan fingerprint density at radius 1 is 1.24 bits per heavy atom. The van der Waals surface area contributed by atoms with Gasteiger partial charge < -0.3 is 10.6 Å². The Morgan fingerprint density at radius 3 is 2.43 bits per heavy atom. The average molecular weight is 355 g/mol. The smallest absolute Gasteiger partial charge is 0.253 e. The number of nitrogens with zero attached hydrogens (tertiary/aromatic N) is 1. The van der Waals surface area contributed by atoms with E-state index in [9.17, 15) is 13.6 Å². The van der Waals surface area contributed by atoms with Gasteiger partial charge in [0.15, 0.2) is 0 Å². The van der Waals surface area contributed by atoms with E-state index in [0.29, 0.717) is 16.7 Å². The topological polar surface area (TPSA) is 46.3 Å². The number of anilines is 1. The van der Waals surface area contributed by atoms with Crippen LogP contribution in [0.1, 0.15) is 15.9 Å². The molecule has 0 spiro atoms. The summed E-state index contributed by atoms with van der Waals surface area (Å²) >= 11 is 3.19. The van der Waals surface area contributed by atoms with Gasteiger partial charge in [0.2, 0.25) is 0 Å². The molecule has 3 nitrogen and oxygen atoms in total. The fourth-order valence-electron chi connectivity index (χ4n) is 2.05. The molecule has 0 saturated carbocycles. The molecule has 0 aliphatic heterocycles. The Balaban J connectivity index is 2.36. The maximum absolute atomic E-state index is 13.9. The molecule has 0 heterocycles. The Labute approximate surface area is 129 Å². The van der Waals surface area contributed by atoms with Crippen LogP contribution in [0.5, 0.6) is 0 Å². The molecule has 0 bridgehead atoms. The van der Waals surface area contributed by atoms with Crippen molar-refractivity contribution < 1.29 is 13.6 Å². The lowest BCUT2D eigenvalue weighted by Crippen LogP contribution is -2.23. The quantitative estimate of drug-likeness (QED) is 0.913. The molecule has 110 valence electrons. The predicted octanol–water partition coefficient (Wildman–Crippen LogP) is 3.46. The van der Waals surface area contributed by atoms with Crippen molar-refractivity contribution in [3.63, 3.8) is 0 Å². The first-order valence-corrected chi connectivity index (χ1v) is 6.92. The first-order valence-electron chi connectivity index (χ1n) is 6.13. The second-order valence-electron chi connectivity index (χ2n) is 4.63. The third-order valence-electron chi connectivity index (χ3n) is 3.02. The lowest BCUT2D eigenvalue weighted by atomic mass is 10.1. The Hall–Kier alpha value is -1.95. The molecule has 0 aromatic heterocycles. The van der Waals surface area contributed by atoms with Crippen LogP contribution in [0.25, 0.3) is 0 Å². The highest BCUT2D eigenvalue weighted by atomic mass is 79.9. The Kier molecular flexibility index (Phi) is 4.57. The molecule has 21 heavy (non-hydrogen) atoms. The van der Waals surface area contributed by atoms with Gasteiger partial charge >= 0.3 is 0 Å². The summed E-state index contributed by atoms with van der Waals surface area (Å²) in [6.07, 6.45) is 0. The van der Waals surface area contributed by atoms with E-state index in [2.05, 4.69) is 15.9 Å². The van der Waals surface area contributed by atoms with Crippen LogP contribution in [-0.4, -0.2) is 13.0 Å². The van der Waals surface area contributed by atoms with Gasteiger partial charge in [-0.1, -0.05) is 28.1 Å². The largest absolute Gasteiger partial charge is 0.370 e. The SMILES string of the molecule is CN(Cc1ccc(F)cc1)c1cc(Br)cc(F)c1C(N)=O. The molecule has 6 heteroatoms. The maximum Gasteiger partial charge on any atom is 0.253 e. The molecule has 0 fully saturated rings. The highest BCUT2D eigenvalue weighted by Gasteiger charge is 2.18. The summed E-state index contributed by atoms with van der Waals surface area (Å²) < 4.78 is 27.3. The fourth-order valence-corrected chi connectivity index (χ4v) is 2.47. The first-order chi connectivity index (χ1) is 9.88. The lowest BCUT2D eigenvalue weighted by molar-refractivity contribution is 0.0997. The van der Waals surface area contributed by atoms with Crippen LogP contribution in [-0.2, 0) is 6.54 Å². The zero-order chi connectivity index (χ0) is 15.6. The standard InChI is InChI=1S/C15H13BrF2N2O/c1-20(8-9-2-4-11(17)5-3-9)13-7-10(16)6-12(18)14(13)15(19)21/h2-7H,8H2,1H3,(H2,19,21). The van der Waals surface area contributed by atoms with Crippen molar-refractivity contribution in [2.45, 2.75) is 6.54 Å². The Morgan fingerprint density at radius 2 is 1.86 bits per heavy atom. The number of carbonyl (C=O) groups is 1. The number of nitrogens with two attached hydrogens (primary N) is 1. The van der Waals surface area contributed by atoms with Crippen LogP contribution >= 0.6 is 15.9 Å². The molecule has 2 rings (SSSR count). The average Bonchev–Trinajstić information content (AvgIpc) is 2.39. The Bertz CT molecular complexity index is 674. The van der Waals surface area contributed by atoms with E-state index in [0.717, 1.165) is 5.56 Å². The van der Waals surface area contributed by atoms with E-state index < -0.39 is 11.7 Å². The van der Waals surface area contributed by atoms with Crippen LogP contribution in [0.15, 0.2) is 40.9 Å². The third-order valence-corrected chi connectivity index (χ3v) is 3.48. The highest BCUT2D eigenvalue weighted by Crippen LogP contribution is 2.28. The van der Waals surface area contributed by atoms with Gasteiger partial charge in [-0.3, -0.25) is 4.79 Å². The molecular weight excluding hydrogens is 342 g/mol. The van der Waals surface area contributed by atoms with Gasteiger partial charge in [0.25, 0.3) is 5.91 Å². The van der Waals surface area contributed by atoms with Crippen LogP contribution in [0.3, 0.4) is 0 Å². The van der Waals surface area contributed by atoms with Gasteiger partial charge in [0, 0.05) is 18.1 Å². The van der Waals surface area contributed by atoms with Crippen molar-refractivity contribution in [1.29, 1.82) is 0 Å². The number of benzene rings is 2. The van der Waals surface area contributed by atoms with Crippen molar-refractivity contribution in [1.82, 2.24) is 0 Å². The number of hydrogen-bond donors (Lipinski definition) is 1. The van der Waals surface area contributed by atoms with Gasteiger partial charge in [-0.05, 0) is 29.8 Å². The summed E-state index contributed by atoms with van der Waals surface area (Å²) in [6.45, 7) is 0.385. The second-order valence-corrected chi connectivity index (χ2v) is 5.54. The molecule has 2 N–H and O–H groups in total. The van der Waals surface area contributed by atoms with Crippen molar-refractivity contribution in [2.75, 3.05) is 11.9 Å². The second kappa shape index (κ2) is 6.22. The van der Waals surface area contributed by atoms with Crippen LogP contribution in [0, 0.1) is 11.6 Å². The van der Waals surface area contributed by atoms with E-state index in [1.165, 1.54) is 18.2 Å². The molecular formula is C15H13BrF2N2O. The number of rotatable bonds is 4. The normalized spacial score (nSPS) is 10.5. The molecule has 0 aliphatic carbocycles. The number of hydrogen-bond acceptors (Lipinski definition) is 2. The monoisotopic (exact) mass is 354 g/mol. The molecule has 0 saturated heterocycles. The molecule has 2 aromatic carbocycles. The predicted molar refractivity (Wildman–Crippen MR) is 81.1 cm³/mol. The summed E-state index contributed by atoms with van der Waals surface area (Å²) in [7, 11) is 1.71. The number of amides is 1. The fraction of sp³-hybridized carbons (Fsp3) is 0.133. The number of carbonyl (C=O) groups excluding carboxylic acids is 1. The summed E-state index contributed by atoms with van der Waals surface area (Å²) in [5, 5.41) is 0. The van der Waals surface area contributed by atoms with E-state index in [1.807, 2.05) is 0 Å². The third kappa shape index (κ3) is 3.58. The number of primary amides is 1. The minimum atomic E-state index is -0.832. The molecule has 0 radical (unpaired) electrons. The summed E-state index contributed by atoms with van der Waals surface area (Å²) in [4.78, 5) is 13.1. The molecule has 0 aliphatic rings. The number of halogens is 3. The van der Waals surface area contributed by atoms with E-state index in [1.54, 1.807) is 30.1 Å². The van der Waals surface area contributed by atoms with Gasteiger partial charge in [-0.15, -0.1) is 0 Å². The van der Waals surface area contributed by atoms with E-state index in [-0.39, 0.29) is 11.4 Å². The van der Waals surface area contributed by atoms with Gasteiger partial charge in [-0.2, -0.15) is 0 Å². The minimum Gasteiger partial charge on any atom is -0.370 e. The summed E-state index contributed by atoms with van der Waals surface area (Å²) in [5.41, 5.74) is 6.28.